The molecule has 0 aliphatic rings. The van der Waals surface area contributed by atoms with Crippen LogP contribution in [0.2, 0.25) is 0 Å². The molecular weight excluding hydrogens is 275 g/mol. The number of carbonyl (C=O) groups excluding carboxylic acids is 1. The van der Waals surface area contributed by atoms with Gasteiger partial charge in [0.05, 0.1) is 11.3 Å². The van der Waals surface area contributed by atoms with Crippen LogP contribution in [0, 0.1) is 17.0 Å². The van der Waals surface area contributed by atoms with Gasteiger partial charge in [-0.25, -0.2) is 13.6 Å². The van der Waals surface area contributed by atoms with Gasteiger partial charge in [-0.2, -0.15) is 13.2 Å². The standard InChI is InChI=1S/C9H7F5N4O/c10-3-1-4(9(12,13)14)6(5(11)2-3)17-8(19)18-7(15)16/h1-2H,(H5,15,16,17,18,19). The minimum absolute atomic E-state index is 0.0342. The van der Waals surface area contributed by atoms with Gasteiger partial charge in [0.25, 0.3) is 0 Å². The summed E-state index contributed by atoms with van der Waals surface area (Å²) in [6.45, 7) is 0. The number of anilines is 1. The fraction of sp³-hybridized carbons (Fsp3) is 0.111. The van der Waals surface area contributed by atoms with E-state index in [-0.39, 0.29) is 12.1 Å². The van der Waals surface area contributed by atoms with Crippen LogP contribution in [0.4, 0.5) is 32.4 Å². The third-order valence-corrected chi connectivity index (χ3v) is 1.85. The van der Waals surface area contributed by atoms with E-state index in [1.54, 1.807) is 5.32 Å². The molecule has 0 saturated heterocycles. The number of urea groups is 1. The van der Waals surface area contributed by atoms with Gasteiger partial charge in [0, 0.05) is 6.07 Å². The molecule has 1 aromatic carbocycles. The molecule has 0 aromatic heterocycles. The van der Waals surface area contributed by atoms with Crippen LogP contribution in [-0.4, -0.2) is 12.0 Å². The van der Waals surface area contributed by atoms with Crippen LogP contribution in [0.3, 0.4) is 0 Å². The molecule has 1 aromatic rings. The number of hydrogen-bond donors (Lipinski definition) is 4. The Hall–Kier alpha value is -2.39. The number of nitrogens with one attached hydrogen (secondary N) is 3. The molecule has 0 heterocycles. The lowest BCUT2D eigenvalue weighted by atomic mass is 10.1. The van der Waals surface area contributed by atoms with Gasteiger partial charge in [-0.05, 0) is 6.07 Å². The second-order valence-corrected chi connectivity index (χ2v) is 3.30. The van der Waals surface area contributed by atoms with Crippen LogP contribution in [0.1, 0.15) is 5.56 Å². The molecule has 0 unspecified atom stereocenters. The summed E-state index contributed by atoms with van der Waals surface area (Å²) in [7, 11) is 0. The van der Waals surface area contributed by atoms with Crippen molar-refractivity contribution < 1.29 is 26.7 Å². The van der Waals surface area contributed by atoms with Crippen molar-refractivity contribution >= 4 is 17.7 Å². The zero-order valence-electron chi connectivity index (χ0n) is 9.03. The molecule has 2 amide bonds. The lowest BCUT2D eigenvalue weighted by Gasteiger charge is -2.14. The van der Waals surface area contributed by atoms with E-state index >= 15 is 0 Å². The Kier molecular flexibility index (Phi) is 3.92. The largest absolute Gasteiger partial charge is 0.418 e. The van der Waals surface area contributed by atoms with Crippen molar-refractivity contribution in [1.29, 1.82) is 5.41 Å². The summed E-state index contributed by atoms with van der Waals surface area (Å²) in [5.41, 5.74) is 1.82. The molecule has 5 nitrogen and oxygen atoms in total. The van der Waals surface area contributed by atoms with Crippen molar-refractivity contribution in [1.82, 2.24) is 5.32 Å². The number of nitrogens with two attached hydrogens (primary N) is 1. The summed E-state index contributed by atoms with van der Waals surface area (Å²) in [6.07, 6.45) is -5.07. The first kappa shape index (κ1) is 14.7. The topological polar surface area (TPSA) is 91.0 Å². The third kappa shape index (κ3) is 3.79. The highest BCUT2D eigenvalue weighted by molar-refractivity contribution is 6.01. The first-order valence-electron chi connectivity index (χ1n) is 4.59. The lowest BCUT2D eigenvalue weighted by molar-refractivity contribution is -0.137. The van der Waals surface area contributed by atoms with Crippen LogP contribution in [0.15, 0.2) is 12.1 Å². The van der Waals surface area contributed by atoms with Crippen LogP contribution in [-0.2, 0) is 6.18 Å². The normalized spacial score (nSPS) is 11.0. The highest BCUT2D eigenvalue weighted by Crippen LogP contribution is 2.36. The van der Waals surface area contributed by atoms with Gasteiger partial charge in [0.15, 0.2) is 5.96 Å². The van der Waals surface area contributed by atoms with Crippen LogP contribution in [0.5, 0.6) is 0 Å². The van der Waals surface area contributed by atoms with Gasteiger partial charge in [0.2, 0.25) is 0 Å². The van der Waals surface area contributed by atoms with Gasteiger partial charge in [-0.1, -0.05) is 0 Å². The van der Waals surface area contributed by atoms with Gasteiger partial charge < -0.3 is 11.1 Å². The first-order chi connectivity index (χ1) is 8.61. The maximum Gasteiger partial charge on any atom is 0.418 e. The van der Waals surface area contributed by atoms with Gasteiger partial charge in [-0.15, -0.1) is 0 Å². The quantitative estimate of drug-likeness (QED) is 0.360. The van der Waals surface area contributed by atoms with Crippen molar-refractivity contribution in [3.05, 3.63) is 29.3 Å². The number of rotatable bonds is 1. The maximum atomic E-state index is 13.3. The highest BCUT2D eigenvalue weighted by Gasteiger charge is 2.36. The third-order valence-electron chi connectivity index (χ3n) is 1.85. The Morgan fingerprint density at radius 1 is 1.26 bits per heavy atom. The Balaban J connectivity index is 3.19. The molecule has 10 heteroatoms. The average molecular weight is 282 g/mol. The van der Waals surface area contributed by atoms with Crippen molar-refractivity contribution in [2.75, 3.05) is 5.32 Å². The van der Waals surface area contributed by atoms with E-state index in [9.17, 15) is 26.7 Å². The lowest BCUT2D eigenvalue weighted by Crippen LogP contribution is -2.39. The van der Waals surface area contributed by atoms with E-state index in [1.807, 2.05) is 0 Å². The number of alkyl halides is 3. The summed E-state index contributed by atoms with van der Waals surface area (Å²) in [4.78, 5) is 11.1. The number of amides is 2. The summed E-state index contributed by atoms with van der Waals surface area (Å²) >= 11 is 0. The summed E-state index contributed by atoms with van der Waals surface area (Å²) in [6, 6.07) is -1.14. The number of hydrogen-bond acceptors (Lipinski definition) is 2. The smallest absolute Gasteiger partial charge is 0.370 e. The van der Waals surface area contributed by atoms with Gasteiger partial charge in [0.1, 0.15) is 11.6 Å². The molecule has 104 valence electrons. The number of carbonyl (C=O) groups is 1. The molecule has 0 spiro atoms. The monoisotopic (exact) mass is 282 g/mol. The van der Waals surface area contributed by atoms with Crippen molar-refractivity contribution in [3.8, 4) is 0 Å². The number of benzene rings is 1. The Bertz CT molecular complexity index is 528. The second kappa shape index (κ2) is 5.08. The molecular formula is C9H7F5N4O. The molecule has 19 heavy (non-hydrogen) atoms. The molecule has 0 radical (unpaired) electrons. The summed E-state index contributed by atoms with van der Waals surface area (Å²) in [5, 5.41) is 9.79. The second-order valence-electron chi connectivity index (χ2n) is 3.30. The zero-order chi connectivity index (χ0) is 14.8. The summed E-state index contributed by atoms with van der Waals surface area (Å²) in [5.74, 6) is -3.90. The molecule has 0 bridgehead atoms. The van der Waals surface area contributed by atoms with Crippen LogP contribution < -0.4 is 16.4 Å². The van der Waals surface area contributed by atoms with Crippen LogP contribution in [0.25, 0.3) is 0 Å². The Morgan fingerprint density at radius 2 is 1.84 bits per heavy atom. The van der Waals surface area contributed by atoms with Gasteiger partial charge >= 0.3 is 12.2 Å². The van der Waals surface area contributed by atoms with Crippen molar-refractivity contribution in [2.45, 2.75) is 6.18 Å². The molecule has 5 N–H and O–H groups in total. The maximum absolute atomic E-state index is 13.3. The molecule has 0 aliphatic heterocycles. The van der Waals surface area contributed by atoms with E-state index in [0.29, 0.717) is 0 Å². The molecule has 0 saturated carbocycles. The predicted molar refractivity (Wildman–Crippen MR) is 55.4 cm³/mol. The summed E-state index contributed by atoms with van der Waals surface area (Å²) < 4.78 is 63.7. The number of halogens is 5. The molecule has 0 fully saturated rings. The predicted octanol–water partition coefficient (Wildman–Crippen LogP) is 2.00. The van der Waals surface area contributed by atoms with E-state index < -0.39 is 41.1 Å². The van der Waals surface area contributed by atoms with Crippen molar-refractivity contribution in [3.63, 3.8) is 0 Å². The zero-order valence-corrected chi connectivity index (χ0v) is 9.03. The average Bonchev–Trinajstić information content (AvgIpc) is 2.18. The Morgan fingerprint density at radius 3 is 2.32 bits per heavy atom. The molecule has 0 aliphatic carbocycles. The minimum Gasteiger partial charge on any atom is -0.370 e. The van der Waals surface area contributed by atoms with Crippen molar-refractivity contribution in [2.24, 2.45) is 5.73 Å². The first-order valence-corrected chi connectivity index (χ1v) is 4.59. The fourth-order valence-corrected chi connectivity index (χ4v) is 1.19. The molecule has 1 rings (SSSR count). The number of guanidine groups is 1. The minimum atomic E-state index is -5.07. The van der Waals surface area contributed by atoms with E-state index in [2.05, 4.69) is 0 Å². The van der Waals surface area contributed by atoms with Gasteiger partial charge in [-0.3, -0.25) is 10.7 Å². The van der Waals surface area contributed by atoms with Crippen LogP contribution >= 0.6 is 0 Å². The Labute approximate surface area is 103 Å². The van der Waals surface area contributed by atoms with E-state index in [0.717, 1.165) is 0 Å². The van der Waals surface area contributed by atoms with E-state index in [1.165, 1.54) is 5.32 Å². The molecule has 0 atom stereocenters. The van der Waals surface area contributed by atoms with E-state index in [4.69, 9.17) is 11.1 Å². The highest BCUT2D eigenvalue weighted by atomic mass is 19.4. The fourth-order valence-electron chi connectivity index (χ4n) is 1.19. The SMILES string of the molecule is N=C(N)NC(=O)Nc1c(F)cc(F)cc1C(F)(F)F.